The molecule has 0 bridgehead atoms. The Morgan fingerprint density at radius 1 is 1.45 bits per heavy atom. The van der Waals surface area contributed by atoms with Gasteiger partial charge in [0.05, 0.1) is 9.95 Å². The van der Waals surface area contributed by atoms with Crippen molar-refractivity contribution in [2.45, 2.75) is 6.92 Å². The van der Waals surface area contributed by atoms with Crippen LogP contribution in [-0.2, 0) is 0 Å². The largest absolute Gasteiger partial charge is 0.430 e. The van der Waals surface area contributed by atoms with Gasteiger partial charge in [0.1, 0.15) is 0 Å². The third kappa shape index (κ3) is 2.77. The average Bonchev–Trinajstić information content (AvgIpc) is 2.43. The van der Waals surface area contributed by atoms with Crippen molar-refractivity contribution in [2.24, 2.45) is 0 Å². The Balaban J connectivity index is 2.47. The second-order valence-corrected chi connectivity index (χ2v) is 4.29. The second kappa shape index (κ2) is 5.70. The minimum Gasteiger partial charge on any atom is -0.430 e. The van der Waals surface area contributed by atoms with Crippen molar-refractivity contribution in [2.75, 3.05) is 12.4 Å². The van der Waals surface area contributed by atoms with Gasteiger partial charge in [0.15, 0.2) is 0 Å². The molecule has 0 radical (unpaired) electrons. The Morgan fingerprint density at radius 3 is 2.85 bits per heavy atom. The summed E-state index contributed by atoms with van der Waals surface area (Å²) in [5.74, 6) is 0.517. The molecule has 1 aromatic carbocycles. The molecule has 0 aliphatic heterocycles. The summed E-state index contributed by atoms with van der Waals surface area (Å²) in [5, 5.41) is 13.9. The van der Waals surface area contributed by atoms with Crippen LogP contribution >= 0.6 is 11.6 Å². The quantitative estimate of drug-likeness (QED) is 0.688. The number of para-hydroxylation sites is 1. The van der Waals surface area contributed by atoms with Crippen LogP contribution in [-0.4, -0.2) is 21.9 Å². The molecule has 7 nitrogen and oxygen atoms in total. The van der Waals surface area contributed by atoms with E-state index < -0.39 is 4.92 Å². The van der Waals surface area contributed by atoms with Crippen LogP contribution in [0, 0.1) is 17.0 Å². The highest BCUT2D eigenvalue weighted by atomic mass is 35.5. The monoisotopic (exact) mass is 294 g/mol. The van der Waals surface area contributed by atoms with E-state index in [0.29, 0.717) is 11.5 Å². The van der Waals surface area contributed by atoms with Gasteiger partial charge >= 0.3 is 5.69 Å². The molecule has 1 heterocycles. The first-order chi connectivity index (χ1) is 9.52. The maximum atomic E-state index is 11.0. The van der Waals surface area contributed by atoms with Crippen LogP contribution in [0.4, 0.5) is 11.6 Å². The highest BCUT2D eigenvalue weighted by molar-refractivity contribution is 6.32. The number of benzene rings is 1. The minimum absolute atomic E-state index is 0.0389. The number of nitrogens with one attached hydrogen (secondary N) is 1. The molecular weight excluding hydrogens is 284 g/mol. The summed E-state index contributed by atoms with van der Waals surface area (Å²) >= 11 is 5.96. The minimum atomic E-state index is -0.559. The van der Waals surface area contributed by atoms with E-state index in [1.54, 1.807) is 20.2 Å². The SMILES string of the molecule is CNc1ncc(C)c(Oc2c(Cl)cccc2[N+](=O)[O-])n1. The van der Waals surface area contributed by atoms with Crippen molar-refractivity contribution < 1.29 is 9.66 Å². The number of nitro groups is 1. The molecule has 8 heteroatoms. The van der Waals surface area contributed by atoms with Gasteiger partial charge in [-0.2, -0.15) is 4.98 Å². The van der Waals surface area contributed by atoms with E-state index in [2.05, 4.69) is 15.3 Å². The van der Waals surface area contributed by atoms with Crippen LogP contribution in [0.3, 0.4) is 0 Å². The van der Waals surface area contributed by atoms with Gasteiger partial charge in [-0.3, -0.25) is 10.1 Å². The van der Waals surface area contributed by atoms with Gasteiger partial charge in [-0.25, -0.2) is 4.98 Å². The van der Waals surface area contributed by atoms with Crippen molar-refractivity contribution in [3.05, 3.63) is 45.1 Å². The second-order valence-electron chi connectivity index (χ2n) is 3.88. The molecule has 0 aliphatic rings. The number of halogens is 1. The van der Waals surface area contributed by atoms with E-state index in [4.69, 9.17) is 16.3 Å². The van der Waals surface area contributed by atoms with Crippen molar-refractivity contribution in [3.63, 3.8) is 0 Å². The number of nitro benzene ring substituents is 1. The normalized spacial score (nSPS) is 10.2. The Kier molecular flexibility index (Phi) is 3.99. The summed E-state index contributed by atoms with van der Waals surface area (Å²) in [7, 11) is 1.66. The zero-order chi connectivity index (χ0) is 14.7. The average molecular weight is 295 g/mol. The van der Waals surface area contributed by atoms with Crippen molar-refractivity contribution in [1.29, 1.82) is 0 Å². The van der Waals surface area contributed by atoms with Crippen LogP contribution in [0.5, 0.6) is 11.6 Å². The number of anilines is 1. The maximum Gasteiger partial charge on any atom is 0.313 e. The number of hydrogen-bond acceptors (Lipinski definition) is 6. The molecule has 0 saturated heterocycles. The Bertz CT molecular complexity index is 663. The lowest BCUT2D eigenvalue weighted by Gasteiger charge is -2.10. The molecule has 0 spiro atoms. The fourth-order valence-electron chi connectivity index (χ4n) is 1.49. The summed E-state index contributed by atoms with van der Waals surface area (Å²) < 4.78 is 5.51. The lowest BCUT2D eigenvalue weighted by atomic mass is 10.3. The van der Waals surface area contributed by atoms with E-state index in [1.807, 2.05) is 0 Å². The number of aromatic nitrogens is 2. The number of hydrogen-bond donors (Lipinski definition) is 1. The maximum absolute atomic E-state index is 11.0. The van der Waals surface area contributed by atoms with Gasteiger partial charge in [-0.1, -0.05) is 17.7 Å². The van der Waals surface area contributed by atoms with E-state index in [1.165, 1.54) is 18.2 Å². The summed E-state index contributed by atoms with van der Waals surface area (Å²) in [5.41, 5.74) is 0.416. The van der Waals surface area contributed by atoms with Gasteiger partial charge in [-0.15, -0.1) is 0 Å². The summed E-state index contributed by atoms with van der Waals surface area (Å²) in [4.78, 5) is 18.5. The number of nitrogens with zero attached hydrogens (tertiary/aromatic N) is 3. The highest BCUT2D eigenvalue weighted by Gasteiger charge is 2.20. The Labute approximate surface area is 119 Å². The molecule has 0 amide bonds. The number of rotatable bonds is 4. The molecule has 0 unspecified atom stereocenters. The first-order valence-electron chi connectivity index (χ1n) is 5.65. The molecule has 0 saturated carbocycles. The first kappa shape index (κ1) is 14.0. The number of aryl methyl sites for hydroxylation is 1. The standard InChI is InChI=1S/C12H11ClN4O3/c1-7-6-15-12(14-2)16-11(7)20-10-8(13)4-3-5-9(10)17(18)19/h3-6H,1-2H3,(H,14,15,16). The van der Waals surface area contributed by atoms with Crippen LogP contribution in [0.15, 0.2) is 24.4 Å². The van der Waals surface area contributed by atoms with E-state index in [0.717, 1.165) is 0 Å². The van der Waals surface area contributed by atoms with Crippen LogP contribution in [0.25, 0.3) is 0 Å². The van der Waals surface area contributed by atoms with Crippen molar-refractivity contribution >= 4 is 23.2 Å². The first-order valence-corrected chi connectivity index (χ1v) is 6.03. The van der Waals surface area contributed by atoms with Crippen LogP contribution < -0.4 is 10.1 Å². The van der Waals surface area contributed by atoms with Crippen molar-refractivity contribution in [3.8, 4) is 11.6 Å². The molecule has 104 valence electrons. The molecular formula is C12H11ClN4O3. The topological polar surface area (TPSA) is 90.2 Å². The lowest BCUT2D eigenvalue weighted by molar-refractivity contribution is -0.385. The van der Waals surface area contributed by atoms with Gasteiger partial charge in [0.25, 0.3) is 0 Å². The molecule has 2 aromatic rings. The summed E-state index contributed by atoms with van der Waals surface area (Å²) in [6, 6.07) is 4.31. The smallest absolute Gasteiger partial charge is 0.313 e. The predicted molar refractivity (Wildman–Crippen MR) is 74.5 cm³/mol. The van der Waals surface area contributed by atoms with E-state index >= 15 is 0 Å². The molecule has 1 aromatic heterocycles. The third-order valence-corrected chi connectivity index (χ3v) is 2.79. The van der Waals surface area contributed by atoms with Gasteiger partial charge in [0.2, 0.25) is 17.6 Å². The van der Waals surface area contributed by atoms with Gasteiger partial charge < -0.3 is 10.1 Å². The summed E-state index contributed by atoms with van der Waals surface area (Å²) in [6.07, 6.45) is 1.55. The van der Waals surface area contributed by atoms with Crippen molar-refractivity contribution in [1.82, 2.24) is 9.97 Å². The van der Waals surface area contributed by atoms with Crippen LogP contribution in [0.1, 0.15) is 5.56 Å². The summed E-state index contributed by atoms with van der Waals surface area (Å²) in [6.45, 7) is 1.73. The number of ether oxygens (including phenoxy) is 1. The van der Waals surface area contributed by atoms with E-state index in [-0.39, 0.29) is 22.3 Å². The Hall–Kier alpha value is -2.41. The molecule has 0 atom stereocenters. The highest BCUT2D eigenvalue weighted by Crippen LogP contribution is 2.38. The third-order valence-electron chi connectivity index (χ3n) is 2.49. The molecule has 0 aliphatic carbocycles. The predicted octanol–water partition coefficient (Wildman–Crippen LogP) is 3.18. The molecule has 0 fully saturated rings. The fourth-order valence-corrected chi connectivity index (χ4v) is 1.70. The molecule has 20 heavy (non-hydrogen) atoms. The van der Waals surface area contributed by atoms with Gasteiger partial charge in [-0.05, 0) is 13.0 Å². The zero-order valence-electron chi connectivity index (χ0n) is 10.8. The fraction of sp³-hybridized carbons (Fsp3) is 0.167. The lowest BCUT2D eigenvalue weighted by Crippen LogP contribution is -2.01. The Morgan fingerprint density at radius 2 is 2.20 bits per heavy atom. The van der Waals surface area contributed by atoms with Crippen LogP contribution in [0.2, 0.25) is 5.02 Å². The zero-order valence-corrected chi connectivity index (χ0v) is 11.5. The van der Waals surface area contributed by atoms with Gasteiger partial charge in [0, 0.05) is 24.9 Å². The van der Waals surface area contributed by atoms with E-state index in [9.17, 15) is 10.1 Å². The molecule has 1 N–H and O–H groups in total. The molecule has 2 rings (SSSR count).